The minimum Gasteiger partial charge on any atom is -0.478 e. The third-order valence-electron chi connectivity index (χ3n) is 3.03. The normalized spacial score (nSPS) is 18.6. The van der Waals surface area contributed by atoms with Gasteiger partial charge in [0.05, 0.1) is 16.6 Å². The van der Waals surface area contributed by atoms with E-state index in [-0.39, 0.29) is 11.7 Å². The standard InChI is InChI=1S/C12H13FN2O4S/c13-9-5-11(15(18)19)10(4-8(9)12(16)17)14-7-2-1-3-20-6-7/h4-5,7,14H,1-3,6H2,(H,16,17). The fourth-order valence-electron chi connectivity index (χ4n) is 2.07. The molecule has 8 heteroatoms. The van der Waals surface area contributed by atoms with Crippen molar-refractivity contribution in [2.24, 2.45) is 0 Å². The maximum absolute atomic E-state index is 13.5. The maximum Gasteiger partial charge on any atom is 0.338 e. The van der Waals surface area contributed by atoms with E-state index < -0.39 is 28.0 Å². The second-order valence-corrected chi connectivity index (χ2v) is 5.62. The summed E-state index contributed by atoms with van der Waals surface area (Å²) >= 11 is 1.73. The molecule has 0 aromatic heterocycles. The zero-order valence-corrected chi connectivity index (χ0v) is 11.3. The van der Waals surface area contributed by atoms with Crippen LogP contribution in [0.2, 0.25) is 0 Å². The van der Waals surface area contributed by atoms with Crippen LogP contribution in [0.3, 0.4) is 0 Å². The minimum atomic E-state index is -1.45. The van der Waals surface area contributed by atoms with Gasteiger partial charge >= 0.3 is 5.97 Å². The monoisotopic (exact) mass is 300 g/mol. The molecule has 0 aliphatic carbocycles. The van der Waals surface area contributed by atoms with Crippen molar-refractivity contribution >= 4 is 29.1 Å². The van der Waals surface area contributed by atoms with Gasteiger partial charge in [-0.15, -0.1) is 0 Å². The Labute approximate surface area is 118 Å². The second kappa shape index (κ2) is 6.08. The zero-order valence-electron chi connectivity index (χ0n) is 10.5. The van der Waals surface area contributed by atoms with Crippen molar-refractivity contribution < 1.29 is 19.2 Å². The molecular weight excluding hydrogens is 287 g/mol. The average molecular weight is 300 g/mol. The van der Waals surface area contributed by atoms with Gasteiger partial charge < -0.3 is 10.4 Å². The van der Waals surface area contributed by atoms with Crippen molar-refractivity contribution in [2.45, 2.75) is 18.9 Å². The van der Waals surface area contributed by atoms with Crippen molar-refractivity contribution in [1.82, 2.24) is 0 Å². The van der Waals surface area contributed by atoms with E-state index in [1.54, 1.807) is 11.8 Å². The minimum absolute atomic E-state index is 0.0274. The van der Waals surface area contributed by atoms with Crippen LogP contribution in [0, 0.1) is 15.9 Å². The van der Waals surface area contributed by atoms with Crippen LogP contribution in [0.5, 0.6) is 0 Å². The molecule has 1 heterocycles. The Morgan fingerprint density at radius 3 is 2.85 bits per heavy atom. The fraction of sp³-hybridized carbons (Fsp3) is 0.417. The Bertz CT molecular complexity index is 547. The van der Waals surface area contributed by atoms with E-state index >= 15 is 0 Å². The number of anilines is 1. The SMILES string of the molecule is O=C(O)c1cc(NC2CCCSC2)c([N+](=O)[O-])cc1F. The summed E-state index contributed by atoms with van der Waals surface area (Å²) in [6.45, 7) is 0. The number of carboxylic acids is 1. The molecule has 1 saturated heterocycles. The third kappa shape index (κ3) is 3.19. The predicted octanol–water partition coefficient (Wildman–Crippen LogP) is 2.74. The molecule has 1 aromatic carbocycles. The van der Waals surface area contributed by atoms with Crippen LogP contribution in [0.25, 0.3) is 0 Å². The molecule has 1 aliphatic heterocycles. The Hall–Kier alpha value is -1.83. The van der Waals surface area contributed by atoms with E-state index in [0.29, 0.717) is 6.07 Å². The van der Waals surface area contributed by atoms with E-state index in [9.17, 15) is 19.3 Å². The number of nitrogens with one attached hydrogen (secondary N) is 1. The first-order valence-electron chi connectivity index (χ1n) is 6.04. The first-order chi connectivity index (χ1) is 9.49. The molecule has 0 saturated carbocycles. The Kier molecular flexibility index (Phi) is 4.43. The highest BCUT2D eigenvalue weighted by Gasteiger charge is 2.24. The largest absolute Gasteiger partial charge is 0.478 e. The number of carbonyl (C=O) groups is 1. The molecule has 1 fully saturated rings. The summed E-state index contributed by atoms with van der Waals surface area (Å²) in [5, 5.41) is 22.8. The zero-order chi connectivity index (χ0) is 14.7. The van der Waals surface area contributed by atoms with Gasteiger partial charge in [-0.3, -0.25) is 10.1 Å². The Morgan fingerprint density at radius 1 is 1.55 bits per heavy atom. The molecule has 1 aromatic rings. The van der Waals surface area contributed by atoms with Gasteiger partial charge in [-0.2, -0.15) is 11.8 Å². The first-order valence-corrected chi connectivity index (χ1v) is 7.20. The molecule has 0 radical (unpaired) electrons. The lowest BCUT2D eigenvalue weighted by atomic mass is 10.1. The maximum atomic E-state index is 13.5. The number of rotatable bonds is 4. The molecule has 1 atom stereocenters. The summed E-state index contributed by atoms with van der Waals surface area (Å²) in [4.78, 5) is 21.1. The van der Waals surface area contributed by atoms with Gasteiger partial charge in [0.15, 0.2) is 0 Å². The van der Waals surface area contributed by atoms with Crippen molar-refractivity contribution in [3.05, 3.63) is 33.6 Å². The second-order valence-electron chi connectivity index (χ2n) is 4.47. The highest BCUT2D eigenvalue weighted by Crippen LogP contribution is 2.30. The number of carboxylic acid groups (broad SMARTS) is 1. The molecule has 1 aliphatic rings. The topological polar surface area (TPSA) is 92.5 Å². The van der Waals surface area contributed by atoms with Crippen molar-refractivity contribution in [2.75, 3.05) is 16.8 Å². The summed E-state index contributed by atoms with van der Waals surface area (Å²) in [5.74, 6) is -0.715. The molecular formula is C12H13FN2O4S. The number of nitrogens with zero attached hydrogens (tertiary/aromatic N) is 1. The van der Waals surface area contributed by atoms with Crippen LogP contribution >= 0.6 is 11.8 Å². The van der Waals surface area contributed by atoms with E-state index in [1.807, 2.05) is 0 Å². The van der Waals surface area contributed by atoms with Gasteiger partial charge in [-0.05, 0) is 24.7 Å². The van der Waals surface area contributed by atoms with Gasteiger partial charge in [0, 0.05) is 11.8 Å². The molecule has 0 amide bonds. The lowest BCUT2D eigenvalue weighted by Gasteiger charge is -2.23. The molecule has 20 heavy (non-hydrogen) atoms. The van der Waals surface area contributed by atoms with Gasteiger partial charge in [0.1, 0.15) is 11.5 Å². The number of nitro benzene ring substituents is 1. The number of hydrogen-bond donors (Lipinski definition) is 2. The molecule has 2 N–H and O–H groups in total. The van der Waals surface area contributed by atoms with Crippen LogP contribution in [-0.4, -0.2) is 33.5 Å². The molecule has 0 bridgehead atoms. The fourth-order valence-corrected chi connectivity index (χ4v) is 3.14. The number of benzene rings is 1. The summed E-state index contributed by atoms with van der Waals surface area (Å²) in [6.07, 6.45) is 1.84. The van der Waals surface area contributed by atoms with Gasteiger partial charge in [-0.1, -0.05) is 0 Å². The van der Waals surface area contributed by atoms with Crippen LogP contribution in [0.15, 0.2) is 12.1 Å². The lowest BCUT2D eigenvalue weighted by molar-refractivity contribution is -0.384. The number of thioether (sulfide) groups is 1. The van der Waals surface area contributed by atoms with Gasteiger partial charge in [0.25, 0.3) is 5.69 Å². The predicted molar refractivity (Wildman–Crippen MR) is 74.0 cm³/mol. The smallest absolute Gasteiger partial charge is 0.338 e. The van der Waals surface area contributed by atoms with Gasteiger partial charge in [0.2, 0.25) is 0 Å². The van der Waals surface area contributed by atoms with Gasteiger partial charge in [-0.25, -0.2) is 9.18 Å². The van der Waals surface area contributed by atoms with Crippen molar-refractivity contribution in [3.8, 4) is 0 Å². The number of halogens is 1. The van der Waals surface area contributed by atoms with Crippen molar-refractivity contribution in [1.29, 1.82) is 0 Å². The molecule has 2 rings (SSSR count). The van der Waals surface area contributed by atoms with Crippen LogP contribution in [0.1, 0.15) is 23.2 Å². The van der Waals surface area contributed by atoms with E-state index in [0.717, 1.165) is 30.4 Å². The highest BCUT2D eigenvalue weighted by atomic mass is 32.2. The van der Waals surface area contributed by atoms with E-state index in [1.165, 1.54) is 0 Å². The molecule has 108 valence electrons. The van der Waals surface area contributed by atoms with Crippen molar-refractivity contribution in [3.63, 3.8) is 0 Å². The Morgan fingerprint density at radius 2 is 2.30 bits per heavy atom. The lowest BCUT2D eigenvalue weighted by Crippen LogP contribution is -2.26. The summed E-state index contributed by atoms with van der Waals surface area (Å²) < 4.78 is 13.5. The summed E-state index contributed by atoms with van der Waals surface area (Å²) in [7, 11) is 0. The number of hydrogen-bond acceptors (Lipinski definition) is 5. The number of nitro groups is 1. The molecule has 6 nitrogen and oxygen atoms in total. The van der Waals surface area contributed by atoms with Crippen LogP contribution in [0.4, 0.5) is 15.8 Å². The molecule has 1 unspecified atom stereocenters. The van der Waals surface area contributed by atoms with E-state index in [4.69, 9.17) is 5.11 Å². The summed E-state index contributed by atoms with van der Waals surface area (Å²) in [6, 6.07) is 1.68. The Balaban J connectivity index is 2.34. The quantitative estimate of drug-likeness (QED) is 0.656. The first kappa shape index (κ1) is 14.6. The number of aromatic carboxylic acids is 1. The molecule has 0 spiro atoms. The highest BCUT2D eigenvalue weighted by molar-refractivity contribution is 7.99. The van der Waals surface area contributed by atoms with Crippen LogP contribution < -0.4 is 5.32 Å². The average Bonchev–Trinajstić information content (AvgIpc) is 2.41. The van der Waals surface area contributed by atoms with E-state index in [2.05, 4.69) is 5.32 Å². The third-order valence-corrected chi connectivity index (χ3v) is 4.25. The van der Waals surface area contributed by atoms with Crippen LogP contribution in [-0.2, 0) is 0 Å². The summed E-state index contributed by atoms with van der Waals surface area (Å²) in [5.41, 5.74) is -0.953.